The van der Waals surface area contributed by atoms with Crippen LogP contribution in [0.4, 0.5) is 20.2 Å². The number of aromatic nitrogens is 5. The molecule has 2 aliphatic rings. The van der Waals surface area contributed by atoms with Crippen LogP contribution in [0.1, 0.15) is 82.6 Å². The molecule has 2 aromatic heterocycles. The number of hydrogen-bond acceptors (Lipinski definition) is 15. The average Bonchev–Trinajstić information content (AvgIpc) is 3.96. The molecular formula is C51H60F2N10O10. The summed E-state index contributed by atoms with van der Waals surface area (Å²) in [5, 5.41) is 19.8. The van der Waals surface area contributed by atoms with Crippen molar-refractivity contribution in [1.29, 1.82) is 0 Å². The lowest BCUT2D eigenvalue weighted by Crippen LogP contribution is -2.52. The first-order chi connectivity index (χ1) is 35.7. The van der Waals surface area contributed by atoms with Gasteiger partial charge in [-0.05, 0) is 74.2 Å². The number of nitrogens with one attached hydrogen (secondary N) is 4. The van der Waals surface area contributed by atoms with Crippen LogP contribution in [-0.2, 0) is 64.2 Å². The third kappa shape index (κ3) is 15.9. The predicted octanol–water partition coefficient (Wildman–Crippen LogP) is 4.99. The molecule has 5 amide bonds. The lowest BCUT2D eigenvalue weighted by atomic mass is 10.0. The molecule has 20 nitrogen and oxygen atoms in total. The van der Waals surface area contributed by atoms with Gasteiger partial charge in [-0.1, -0.05) is 31.0 Å². The Labute approximate surface area is 420 Å². The quantitative estimate of drug-likeness (QED) is 0.0338. The Bertz CT molecular complexity index is 2620. The van der Waals surface area contributed by atoms with Gasteiger partial charge in [0.05, 0.1) is 46.2 Å². The molecular weight excluding hydrogens is 951 g/mol. The summed E-state index contributed by atoms with van der Waals surface area (Å²) < 4.78 is 58.3. The van der Waals surface area contributed by atoms with Crippen LogP contribution in [0.3, 0.4) is 0 Å². The Morgan fingerprint density at radius 2 is 1.44 bits per heavy atom. The summed E-state index contributed by atoms with van der Waals surface area (Å²) >= 11 is 0. The standard InChI is InChI=1S/C51H60F2N10O10/c52-40-12-7-13-41(53)38(40)30-56-49(66)35-9-5-10-36(29-35)55-31-45-60-61-48(43-17-18-54-34-57-43)62(45)19-8-22-69-20-3-1-2-4-21-70-23-24-71-25-26-72-27-28-73-33-47(65)58-42-14-6-11-37-39(42)32-63(51(37)68)44-15-16-46(64)59-50(44)67/h5-7,9-14,17-18,29,34,44,55H,1-4,8,15-16,19-28,30-33H2,(H,56,66)(H,58,65)(H,59,64,67). The van der Waals surface area contributed by atoms with E-state index in [1.807, 2.05) is 4.57 Å². The topological polar surface area (TPSA) is 239 Å². The molecule has 1 saturated heterocycles. The maximum absolute atomic E-state index is 14.1. The van der Waals surface area contributed by atoms with Crippen molar-refractivity contribution < 1.29 is 56.4 Å². The van der Waals surface area contributed by atoms with Crippen LogP contribution in [-0.4, -0.2) is 131 Å². The van der Waals surface area contributed by atoms with E-state index >= 15 is 0 Å². The first-order valence-electron chi connectivity index (χ1n) is 24.3. The maximum Gasteiger partial charge on any atom is 0.255 e. The van der Waals surface area contributed by atoms with E-state index < -0.39 is 35.4 Å². The number of amides is 5. The highest BCUT2D eigenvalue weighted by atomic mass is 19.1. The van der Waals surface area contributed by atoms with Gasteiger partial charge in [0, 0.05) is 85.7 Å². The van der Waals surface area contributed by atoms with Crippen LogP contribution < -0.4 is 21.3 Å². The number of anilines is 2. The predicted molar refractivity (Wildman–Crippen MR) is 261 cm³/mol. The minimum Gasteiger partial charge on any atom is -0.381 e. The molecule has 4 N–H and O–H groups in total. The number of fused-ring (bicyclic) bond motifs is 1. The van der Waals surface area contributed by atoms with Crippen molar-refractivity contribution in [1.82, 2.24) is 40.3 Å². The van der Waals surface area contributed by atoms with Crippen LogP contribution in [0, 0.1) is 11.6 Å². The van der Waals surface area contributed by atoms with E-state index in [1.165, 1.54) is 17.3 Å². The molecule has 0 saturated carbocycles. The summed E-state index contributed by atoms with van der Waals surface area (Å²) in [6.45, 7) is 4.52. The molecule has 5 aromatic rings. The normalized spacial score (nSPS) is 14.3. The minimum absolute atomic E-state index is 0.148. The molecule has 0 aliphatic carbocycles. The van der Waals surface area contributed by atoms with Crippen LogP contribution >= 0.6 is 0 Å². The van der Waals surface area contributed by atoms with E-state index in [-0.39, 0.29) is 63.1 Å². The lowest BCUT2D eigenvalue weighted by molar-refractivity contribution is -0.137. The fourth-order valence-electron chi connectivity index (χ4n) is 8.14. The molecule has 388 valence electrons. The second-order valence-corrected chi connectivity index (χ2v) is 17.1. The lowest BCUT2D eigenvalue weighted by Gasteiger charge is -2.29. The summed E-state index contributed by atoms with van der Waals surface area (Å²) in [7, 11) is 0. The SMILES string of the molecule is O=C1CCC(N2Cc3c(NC(=O)COCCOCCOCCOCCCCCCOCCCn4c(CNc5cccc(C(=O)NCc6c(F)cccc6F)c5)nnc4-c4ccncn4)cccc3C2=O)C(=O)N1. The Morgan fingerprint density at radius 3 is 2.16 bits per heavy atom. The Kier molecular flexibility index (Phi) is 20.7. The van der Waals surface area contributed by atoms with Gasteiger partial charge in [0.25, 0.3) is 11.8 Å². The van der Waals surface area contributed by atoms with Gasteiger partial charge >= 0.3 is 0 Å². The van der Waals surface area contributed by atoms with E-state index in [0.717, 1.165) is 37.8 Å². The van der Waals surface area contributed by atoms with Crippen molar-refractivity contribution in [3.8, 4) is 11.5 Å². The van der Waals surface area contributed by atoms with Crippen LogP contribution in [0.2, 0.25) is 0 Å². The highest BCUT2D eigenvalue weighted by Crippen LogP contribution is 2.32. The number of carbonyl (C=O) groups excluding carboxylic acids is 5. The molecule has 1 unspecified atom stereocenters. The molecule has 7 rings (SSSR count). The molecule has 0 bridgehead atoms. The minimum atomic E-state index is -0.742. The van der Waals surface area contributed by atoms with Crippen molar-refractivity contribution in [2.45, 2.75) is 77.2 Å². The average molecular weight is 1010 g/mol. The molecule has 0 radical (unpaired) electrons. The molecule has 3 aromatic carbocycles. The molecule has 2 aliphatic heterocycles. The molecule has 73 heavy (non-hydrogen) atoms. The highest BCUT2D eigenvalue weighted by molar-refractivity contribution is 6.07. The number of halogens is 2. The highest BCUT2D eigenvalue weighted by Gasteiger charge is 2.40. The summed E-state index contributed by atoms with van der Waals surface area (Å²) in [4.78, 5) is 72.2. The summed E-state index contributed by atoms with van der Waals surface area (Å²) in [5.74, 6) is -2.24. The number of benzene rings is 3. The van der Waals surface area contributed by atoms with Crippen LogP contribution in [0.5, 0.6) is 0 Å². The van der Waals surface area contributed by atoms with Crippen LogP contribution in [0.25, 0.3) is 11.5 Å². The number of nitrogens with zero attached hydrogens (tertiary/aromatic N) is 6. The zero-order chi connectivity index (χ0) is 51.2. The second kappa shape index (κ2) is 28.2. The van der Waals surface area contributed by atoms with Crippen molar-refractivity contribution in [3.05, 3.63) is 119 Å². The van der Waals surface area contributed by atoms with E-state index in [9.17, 15) is 32.8 Å². The van der Waals surface area contributed by atoms with Gasteiger partial charge in [-0.2, -0.15) is 0 Å². The number of piperidine rings is 1. The van der Waals surface area contributed by atoms with E-state index in [1.54, 1.807) is 54.7 Å². The number of imide groups is 1. The molecule has 0 spiro atoms. The van der Waals surface area contributed by atoms with Gasteiger partial charge in [0.1, 0.15) is 36.3 Å². The summed E-state index contributed by atoms with van der Waals surface area (Å²) in [6.07, 6.45) is 8.11. The zero-order valence-electron chi connectivity index (χ0n) is 40.5. The monoisotopic (exact) mass is 1010 g/mol. The van der Waals surface area contributed by atoms with E-state index in [4.69, 9.17) is 23.7 Å². The summed E-state index contributed by atoms with van der Waals surface area (Å²) in [6, 6.07) is 16.4. The third-order valence-electron chi connectivity index (χ3n) is 11.9. The number of rotatable bonds is 31. The molecule has 1 fully saturated rings. The Morgan fingerprint density at radius 1 is 0.753 bits per heavy atom. The molecule has 4 heterocycles. The summed E-state index contributed by atoms with van der Waals surface area (Å²) in [5.41, 5.74) is 2.88. The van der Waals surface area contributed by atoms with Crippen molar-refractivity contribution in [3.63, 3.8) is 0 Å². The first-order valence-corrected chi connectivity index (χ1v) is 24.3. The maximum atomic E-state index is 14.1. The number of unbranched alkanes of at least 4 members (excludes halogenated alkanes) is 3. The van der Waals surface area contributed by atoms with E-state index in [2.05, 4.69) is 41.4 Å². The Hall–Kier alpha value is -7.11. The number of hydrogen-bond donors (Lipinski definition) is 4. The smallest absolute Gasteiger partial charge is 0.255 e. The zero-order valence-corrected chi connectivity index (χ0v) is 40.5. The van der Waals surface area contributed by atoms with Gasteiger partial charge < -0.3 is 49.1 Å². The van der Waals surface area contributed by atoms with E-state index in [0.29, 0.717) is 111 Å². The van der Waals surface area contributed by atoms with Gasteiger partial charge in [0.15, 0.2) is 11.6 Å². The van der Waals surface area contributed by atoms with Gasteiger partial charge in [-0.25, -0.2) is 18.7 Å². The van der Waals surface area contributed by atoms with Gasteiger partial charge in [0.2, 0.25) is 17.7 Å². The molecule has 1 atom stereocenters. The van der Waals surface area contributed by atoms with Gasteiger partial charge in [-0.3, -0.25) is 29.3 Å². The molecule has 22 heteroatoms. The first kappa shape index (κ1) is 53.7. The van der Waals surface area contributed by atoms with Crippen molar-refractivity contribution in [2.75, 3.05) is 76.7 Å². The van der Waals surface area contributed by atoms with Crippen molar-refractivity contribution in [2.24, 2.45) is 0 Å². The largest absolute Gasteiger partial charge is 0.381 e. The van der Waals surface area contributed by atoms with Crippen molar-refractivity contribution >= 4 is 40.9 Å². The number of ether oxygens (including phenoxy) is 5. The van der Waals surface area contributed by atoms with Gasteiger partial charge in [-0.15, -0.1) is 10.2 Å². The fourth-order valence-corrected chi connectivity index (χ4v) is 8.14. The number of carbonyl (C=O) groups is 5. The third-order valence-corrected chi connectivity index (χ3v) is 11.9. The second-order valence-electron chi connectivity index (χ2n) is 17.1. The van der Waals surface area contributed by atoms with Crippen LogP contribution in [0.15, 0.2) is 79.3 Å². The fraction of sp³-hybridized carbons (Fsp3) is 0.431. The Balaban J connectivity index is 0.679.